The van der Waals surface area contributed by atoms with Gasteiger partial charge in [0.2, 0.25) is 0 Å². The van der Waals surface area contributed by atoms with Crippen LogP contribution >= 0.6 is 0 Å². The first kappa shape index (κ1) is 12.1. The molecule has 2 heterocycles. The summed E-state index contributed by atoms with van der Waals surface area (Å²) in [5.41, 5.74) is 2.51. The molecule has 0 saturated heterocycles. The van der Waals surface area contributed by atoms with Crippen LogP contribution in [0.2, 0.25) is 0 Å². The van der Waals surface area contributed by atoms with Crippen molar-refractivity contribution in [2.24, 2.45) is 16.8 Å². The monoisotopic (exact) mass is 264 g/mol. The standard InChI is InChI=1S/C18H20N2/c1-2-6-13(7-3-1)12-14-8-4-9-15-17(14)18-16(20-15)10-5-11-19-18/h4-5,8-11,13-14H,1-3,6-7,12H2. The van der Waals surface area contributed by atoms with Crippen molar-refractivity contribution in [3.63, 3.8) is 0 Å². The minimum Gasteiger partial charge on any atom is -0.254 e. The number of aromatic nitrogens is 1. The second-order valence-electron chi connectivity index (χ2n) is 6.18. The van der Waals surface area contributed by atoms with Crippen molar-refractivity contribution in [1.82, 2.24) is 4.98 Å². The molecular weight excluding hydrogens is 244 g/mol. The number of pyridine rings is 1. The van der Waals surface area contributed by atoms with E-state index in [2.05, 4.69) is 29.3 Å². The normalized spacial score (nSPS) is 24.9. The molecule has 0 N–H and O–H groups in total. The summed E-state index contributed by atoms with van der Waals surface area (Å²) in [6, 6.07) is 4.05. The van der Waals surface area contributed by atoms with Crippen molar-refractivity contribution < 1.29 is 0 Å². The third-order valence-corrected chi connectivity index (χ3v) is 4.84. The molecule has 1 aromatic rings. The van der Waals surface area contributed by atoms with Crippen LogP contribution in [0.15, 0.2) is 47.2 Å². The minimum atomic E-state index is 0.512. The highest BCUT2D eigenvalue weighted by Crippen LogP contribution is 2.36. The molecule has 102 valence electrons. The highest BCUT2D eigenvalue weighted by atomic mass is 14.8. The summed E-state index contributed by atoms with van der Waals surface area (Å²) in [5.74, 6) is 1.40. The Morgan fingerprint density at radius 2 is 2.05 bits per heavy atom. The van der Waals surface area contributed by atoms with E-state index in [0.717, 1.165) is 22.3 Å². The Kier molecular flexibility index (Phi) is 3.02. The minimum absolute atomic E-state index is 0.512. The predicted molar refractivity (Wildman–Crippen MR) is 80.3 cm³/mol. The molecule has 2 aliphatic carbocycles. The van der Waals surface area contributed by atoms with Gasteiger partial charge in [-0.25, -0.2) is 4.99 Å². The zero-order chi connectivity index (χ0) is 13.4. The molecule has 2 nitrogen and oxygen atoms in total. The maximum Gasteiger partial charge on any atom is 0.0945 e. The lowest BCUT2D eigenvalue weighted by Gasteiger charge is -2.26. The number of hydrogen-bond donors (Lipinski definition) is 0. The predicted octanol–water partition coefficient (Wildman–Crippen LogP) is 2.91. The van der Waals surface area contributed by atoms with Gasteiger partial charge in [-0.3, -0.25) is 4.98 Å². The molecule has 0 spiro atoms. The molecule has 0 radical (unpaired) electrons. The Morgan fingerprint density at radius 3 is 2.95 bits per heavy atom. The molecule has 1 atom stereocenters. The molecule has 1 aromatic heterocycles. The van der Waals surface area contributed by atoms with Crippen molar-refractivity contribution >= 4 is 5.57 Å². The SMILES string of the molecule is C1=CC(CC2CCCCC2)C2=c3ncccc3=NC2=C1. The van der Waals surface area contributed by atoms with Crippen LogP contribution in [0.3, 0.4) is 0 Å². The zero-order valence-corrected chi connectivity index (χ0v) is 11.8. The molecule has 1 saturated carbocycles. The summed E-state index contributed by atoms with van der Waals surface area (Å²) >= 11 is 0. The third kappa shape index (κ3) is 2.04. The highest BCUT2D eigenvalue weighted by Gasteiger charge is 2.26. The first-order valence-electron chi connectivity index (χ1n) is 7.84. The van der Waals surface area contributed by atoms with Gasteiger partial charge < -0.3 is 0 Å². The van der Waals surface area contributed by atoms with Crippen LogP contribution in [0.5, 0.6) is 0 Å². The van der Waals surface area contributed by atoms with Gasteiger partial charge in [0.05, 0.1) is 16.4 Å². The van der Waals surface area contributed by atoms with E-state index in [4.69, 9.17) is 4.99 Å². The Balaban J connectivity index is 1.70. The summed E-state index contributed by atoms with van der Waals surface area (Å²) in [5, 5.41) is 2.16. The van der Waals surface area contributed by atoms with E-state index in [1.54, 1.807) is 0 Å². The summed E-state index contributed by atoms with van der Waals surface area (Å²) in [6.45, 7) is 0. The third-order valence-electron chi connectivity index (χ3n) is 4.84. The molecule has 20 heavy (non-hydrogen) atoms. The molecule has 0 aromatic carbocycles. The van der Waals surface area contributed by atoms with Crippen LogP contribution in [-0.4, -0.2) is 4.98 Å². The van der Waals surface area contributed by atoms with Gasteiger partial charge in [0.15, 0.2) is 0 Å². The number of hydrogen-bond acceptors (Lipinski definition) is 2. The van der Waals surface area contributed by atoms with Gasteiger partial charge in [-0.2, -0.15) is 0 Å². The lowest BCUT2D eigenvalue weighted by Crippen LogP contribution is -2.28. The van der Waals surface area contributed by atoms with E-state index < -0.39 is 0 Å². The molecule has 1 unspecified atom stereocenters. The van der Waals surface area contributed by atoms with Crippen LogP contribution in [0.1, 0.15) is 38.5 Å². The van der Waals surface area contributed by atoms with Crippen LogP contribution in [0.4, 0.5) is 0 Å². The van der Waals surface area contributed by atoms with Gasteiger partial charge in [-0.1, -0.05) is 44.3 Å². The first-order valence-corrected chi connectivity index (χ1v) is 7.84. The van der Waals surface area contributed by atoms with E-state index >= 15 is 0 Å². The van der Waals surface area contributed by atoms with Crippen molar-refractivity contribution in [3.8, 4) is 0 Å². The molecule has 3 aliphatic rings. The van der Waals surface area contributed by atoms with Crippen molar-refractivity contribution in [2.45, 2.75) is 38.5 Å². The topological polar surface area (TPSA) is 25.2 Å². The lowest BCUT2D eigenvalue weighted by atomic mass is 9.79. The van der Waals surface area contributed by atoms with Crippen molar-refractivity contribution in [3.05, 3.63) is 53.0 Å². The van der Waals surface area contributed by atoms with Gasteiger partial charge >= 0.3 is 0 Å². The van der Waals surface area contributed by atoms with E-state index in [9.17, 15) is 0 Å². The highest BCUT2D eigenvalue weighted by molar-refractivity contribution is 5.70. The Labute approximate surface area is 119 Å². The van der Waals surface area contributed by atoms with Crippen LogP contribution < -0.4 is 10.7 Å². The number of nitrogens with zero attached hydrogens (tertiary/aromatic N) is 2. The Morgan fingerprint density at radius 1 is 1.15 bits per heavy atom. The molecule has 0 bridgehead atoms. The van der Waals surface area contributed by atoms with Gasteiger partial charge in [-0.15, -0.1) is 0 Å². The summed E-state index contributed by atoms with van der Waals surface area (Å²) in [6.07, 6.45) is 16.9. The van der Waals surface area contributed by atoms with E-state index in [1.165, 1.54) is 44.1 Å². The van der Waals surface area contributed by atoms with E-state index in [1.807, 2.05) is 12.3 Å². The van der Waals surface area contributed by atoms with E-state index in [-0.39, 0.29) is 0 Å². The molecular formula is C18H20N2. The fraction of sp³-hybridized carbons (Fsp3) is 0.444. The van der Waals surface area contributed by atoms with Gasteiger partial charge in [-0.05, 0) is 30.5 Å². The number of fused-ring (bicyclic) bond motifs is 2. The molecule has 1 aliphatic heterocycles. The molecule has 4 rings (SSSR count). The van der Waals surface area contributed by atoms with Crippen LogP contribution in [0, 0.1) is 11.8 Å². The maximum atomic E-state index is 4.73. The Hall–Kier alpha value is -1.70. The lowest BCUT2D eigenvalue weighted by molar-refractivity contribution is 0.325. The Bertz CT molecular complexity index is 690. The first-order chi connectivity index (χ1) is 9.92. The second kappa shape index (κ2) is 5.01. The van der Waals surface area contributed by atoms with Gasteiger partial charge in [0.25, 0.3) is 0 Å². The molecule has 0 amide bonds. The summed E-state index contributed by atoms with van der Waals surface area (Å²) in [4.78, 5) is 9.31. The van der Waals surface area contributed by atoms with Crippen LogP contribution in [-0.2, 0) is 0 Å². The largest absolute Gasteiger partial charge is 0.254 e. The van der Waals surface area contributed by atoms with Gasteiger partial charge in [0, 0.05) is 17.7 Å². The maximum absolute atomic E-state index is 4.73. The van der Waals surface area contributed by atoms with Crippen LogP contribution in [0.25, 0.3) is 5.57 Å². The quantitative estimate of drug-likeness (QED) is 0.806. The van der Waals surface area contributed by atoms with Crippen molar-refractivity contribution in [2.75, 3.05) is 0 Å². The number of allylic oxidation sites excluding steroid dienone is 4. The average Bonchev–Trinajstić information content (AvgIpc) is 2.88. The van der Waals surface area contributed by atoms with Crippen molar-refractivity contribution in [1.29, 1.82) is 0 Å². The van der Waals surface area contributed by atoms with E-state index in [0.29, 0.717) is 5.92 Å². The fourth-order valence-electron chi connectivity index (χ4n) is 3.85. The molecule has 2 heteroatoms. The fourth-order valence-corrected chi connectivity index (χ4v) is 3.85. The zero-order valence-electron chi connectivity index (χ0n) is 11.8. The summed E-state index contributed by atoms with van der Waals surface area (Å²) in [7, 11) is 0. The summed E-state index contributed by atoms with van der Waals surface area (Å²) < 4.78 is 0. The smallest absolute Gasteiger partial charge is 0.0945 e. The number of rotatable bonds is 2. The second-order valence-corrected chi connectivity index (χ2v) is 6.18. The molecule has 1 fully saturated rings. The average molecular weight is 264 g/mol. The van der Waals surface area contributed by atoms with Gasteiger partial charge in [0.1, 0.15) is 0 Å².